The van der Waals surface area contributed by atoms with Gasteiger partial charge in [-0.2, -0.15) is 0 Å². The predicted octanol–water partition coefficient (Wildman–Crippen LogP) is 6.04. The summed E-state index contributed by atoms with van der Waals surface area (Å²) in [5.41, 5.74) is 4.00. The molecular formula is C26H27NO6. The van der Waals surface area contributed by atoms with Gasteiger partial charge in [-0.25, -0.2) is 0 Å². The first-order valence-electron chi connectivity index (χ1n) is 10.5. The summed E-state index contributed by atoms with van der Waals surface area (Å²) in [5.74, 6) is 1.81. The van der Waals surface area contributed by atoms with Crippen LogP contribution in [0.3, 0.4) is 0 Å². The van der Waals surface area contributed by atoms with Gasteiger partial charge in [0, 0.05) is 23.6 Å². The fourth-order valence-electron chi connectivity index (χ4n) is 3.81. The van der Waals surface area contributed by atoms with Gasteiger partial charge in [-0.15, -0.1) is 0 Å². The standard InChI is InChI=1S/C26H27NO6/c1-15-11-16-7-8-17(12-19(16)26(15,2)3)32-23-10-9-20(33-23)25(28)27-24-21(30-5)13-18(29-4)14-22(24)31-6/h7-14H,1-6H3,(H,27,28). The monoisotopic (exact) mass is 449 g/mol. The number of methoxy groups -OCH3 is 3. The topological polar surface area (TPSA) is 79.2 Å². The highest BCUT2D eigenvalue weighted by Gasteiger charge is 2.30. The van der Waals surface area contributed by atoms with Crippen LogP contribution in [0.25, 0.3) is 6.08 Å². The Kier molecular flexibility index (Phi) is 5.80. The minimum absolute atomic E-state index is 0.0562. The third-order valence-electron chi connectivity index (χ3n) is 6.03. The summed E-state index contributed by atoms with van der Waals surface area (Å²) in [7, 11) is 4.53. The molecule has 0 saturated heterocycles. The Morgan fingerprint density at radius 3 is 2.24 bits per heavy atom. The molecule has 1 heterocycles. The average molecular weight is 450 g/mol. The maximum atomic E-state index is 12.8. The molecule has 0 aliphatic heterocycles. The van der Waals surface area contributed by atoms with Crippen molar-refractivity contribution in [1.29, 1.82) is 0 Å². The lowest BCUT2D eigenvalue weighted by Crippen LogP contribution is -2.15. The van der Waals surface area contributed by atoms with Gasteiger partial charge in [0.05, 0.1) is 21.3 Å². The summed E-state index contributed by atoms with van der Waals surface area (Å²) >= 11 is 0. The lowest BCUT2D eigenvalue weighted by atomic mass is 9.82. The molecule has 0 unspecified atom stereocenters. The van der Waals surface area contributed by atoms with E-state index < -0.39 is 5.91 Å². The molecule has 7 heteroatoms. The van der Waals surface area contributed by atoms with Crippen LogP contribution in [0.2, 0.25) is 0 Å². The van der Waals surface area contributed by atoms with Gasteiger partial charge in [0.2, 0.25) is 0 Å². The van der Waals surface area contributed by atoms with Gasteiger partial charge < -0.3 is 28.7 Å². The summed E-state index contributed by atoms with van der Waals surface area (Å²) in [6.45, 7) is 6.50. The molecule has 1 aliphatic carbocycles. The maximum absolute atomic E-state index is 12.8. The van der Waals surface area contributed by atoms with E-state index >= 15 is 0 Å². The lowest BCUT2D eigenvalue weighted by Gasteiger charge is -2.22. The van der Waals surface area contributed by atoms with E-state index in [1.54, 1.807) is 24.3 Å². The van der Waals surface area contributed by atoms with Gasteiger partial charge in [-0.05, 0) is 36.2 Å². The number of furan rings is 1. The van der Waals surface area contributed by atoms with Gasteiger partial charge in [0.15, 0.2) is 5.76 Å². The minimum Gasteiger partial charge on any atom is -0.496 e. The number of hydrogen-bond donors (Lipinski definition) is 1. The number of allylic oxidation sites excluding steroid dienone is 1. The van der Waals surface area contributed by atoms with Crippen LogP contribution in [0, 0.1) is 0 Å². The molecule has 3 aromatic rings. The van der Waals surface area contributed by atoms with Crippen LogP contribution in [-0.2, 0) is 5.41 Å². The molecule has 1 aliphatic rings. The number of ether oxygens (including phenoxy) is 4. The van der Waals surface area contributed by atoms with Crippen molar-refractivity contribution >= 4 is 17.7 Å². The average Bonchev–Trinajstić information content (AvgIpc) is 3.36. The van der Waals surface area contributed by atoms with Crippen molar-refractivity contribution in [2.75, 3.05) is 26.6 Å². The van der Waals surface area contributed by atoms with Crippen LogP contribution in [0.15, 0.2) is 52.5 Å². The number of amides is 1. The van der Waals surface area contributed by atoms with Crippen LogP contribution in [0.1, 0.15) is 42.5 Å². The molecule has 1 N–H and O–H groups in total. The van der Waals surface area contributed by atoms with Crippen LogP contribution >= 0.6 is 0 Å². The SMILES string of the molecule is COc1cc(OC)c(NC(=O)c2ccc(Oc3ccc4c(c3)C(C)(C)C(C)=C4)o2)c(OC)c1. The van der Waals surface area contributed by atoms with Crippen molar-refractivity contribution in [3.8, 4) is 28.9 Å². The van der Waals surface area contributed by atoms with Crippen LogP contribution in [0.5, 0.6) is 28.9 Å². The second kappa shape index (κ2) is 8.58. The molecule has 0 bridgehead atoms. The molecule has 1 amide bonds. The molecule has 0 radical (unpaired) electrons. The highest BCUT2D eigenvalue weighted by Crippen LogP contribution is 2.43. The van der Waals surface area contributed by atoms with E-state index in [4.69, 9.17) is 23.4 Å². The summed E-state index contributed by atoms with van der Waals surface area (Å²) in [4.78, 5) is 12.8. The Morgan fingerprint density at radius 1 is 0.909 bits per heavy atom. The fourth-order valence-corrected chi connectivity index (χ4v) is 3.81. The summed E-state index contributed by atoms with van der Waals surface area (Å²) < 4.78 is 27.5. The largest absolute Gasteiger partial charge is 0.496 e. The number of anilines is 1. The number of benzene rings is 2. The number of fused-ring (bicyclic) bond motifs is 1. The van der Waals surface area contributed by atoms with E-state index in [9.17, 15) is 4.79 Å². The Bertz CT molecular complexity index is 1210. The maximum Gasteiger partial charge on any atom is 0.291 e. The van der Waals surface area contributed by atoms with Crippen molar-refractivity contribution in [3.63, 3.8) is 0 Å². The van der Waals surface area contributed by atoms with Crippen molar-refractivity contribution in [2.24, 2.45) is 0 Å². The van der Waals surface area contributed by atoms with Crippen molar-refractivity contribution < 1.29 is 28.2 Å². The normalized spacial score (nSPS) is 13.7. The van der Waals surface area contributed by atoms with E-state index in [-0.39, 0.29) is 17.1 Å². The number of hydrogen-bond acceptors (Lipinski definition) is 6. The number of nitrogens with one attached hydrogen (secondary N) is 1. The Labute approximate surface area is 192 Å². The highest BCUT2D eigenvalue weighted by molar-refractivity contribution is 6.04. The van der Waals surface area contributed by atoms with Crippen molar-refractivity contribution in [2.45, 2.75) is 26.2 Å². The Hall–Kier alpha value is -3.87. The van der Waals surface area contributed by atoms with Gasteiger partial charge in [-0.1, -0.05) is 31.6 Å². The predicted molar refractivity (Wildman–Crippen MR) is 126 cm³/mol. The molecule has 1 aromatic heterocycles. The number of rotatable bonds is 7. The van der Waals surface area contributed by atoms with E-state index in [1.807, 2.05) is 18.2 Å². The molecule has 0 atom stereocenters. The van der Waals surface area contributed by atoms with Crippen LogP contribution in [0.4, 0.5) is 5.69 Å². The molecule has 2 aromatic carbocycles. The van der Waals surface area contributed by atoms with E-state index in [1.165, 1.54) is 38.0 Å². The zero-order valence-electron chi connectivity index (χ0n) is 19.6. The molecule has 7 nitrogen and oxygen atoms in total. The van der Waals surface area contributed by atoms with E-state index in [0.29, 0.717) is 28.7 Å². The smallest absolute Gasteiger partial charge is 0.291 e. The summed E-state index contributed by atoms with van der Waals surface area (Å²) in [5, 5.41) is 2.77. The van der Waals surface area contributed by atoms with Crippen LogP contribution in [-0.4, -0.2) is 27.2 Å². The van der Waals surface area contributed by atoms with Gasteiger partial charge in [0.25, 0.3) is 11.9 Å². The first-order valence-corrected chi connectivity index (χ1v) is 10.5. The van der Waals surface area contributed by atoms with Gasteiger partial charge in [-0.3, -0.25) is 4.79 Å². The fraction of sp³-hybridized carbons (Fsp3) is 0.269. The summed E-state index contributed by atoms with van der Waals surface area (Å²) in [6.07, 6.45) is 2.19. The second-order valence-electron chi connectivity index (χ2n) is 8.28. The van der Waals surface area contributed by atoms with Gasteiger partial charge >= 0.3 is 0 Å². The van der Waals surface area contributed by atoms with Gasteiger partial charge in [0.1, 0.15) is 28.7 Å². The first kappa shape index (κ1) is 22.3. The third-order valence-corrected chi connectivity index (χ3v) is 6.03. The highest BCUT2D eigenvalue weighted by atomic mass is 16.6. The van der Waals surface area contributed by atoms with E-state index in [0.717, 1.165) is 0 Å². The summed E-state index contributed by atoms with van der Waals surface area (Å²) in [6, 6.07) is 12.4. The van der Waals surface area contributed by atoms with E-state index in [2.05, 4.69) is 32.2 Å². The first-order chi connectivity index (χ1) is 15.8. The quantitative estimate of drug-likeness (QED) is 0.473. The lowest BCUT2D eigenvalue weighted by molar-refractivity contribution is 0.0991. The molecule has 4 rings (SSSR count). The molecule has 0 saturated carbocycles. The molecule has 33 heavy (non-hydrogen) atoms. The molecule has 0 spiro atoms. The Balaban J connectivity index is 1.52. The zero-order chi connectivity index (χ0) is 23.8. The second-order valence-corrected chi connectivity index (χ2v) is 8.28. The number of carbonyl (C=O) groups is 1. The van der Waals surface area contributed by atoms with Crippen molar-refractivity contribution in [1.82, 2.24) is 0 Å². The molecule has 0 fully saturated rings. The molecule has 172 valence electrons. The zero-order valence-corrected chi connectivity index (χ0v) is 19.6. The number of carbonyl (C=O) groups excluding carboxylic acids is 1. The van der Waals surface area contributed by atoms with Crippen LogP contribution < -0.4 is 24.3 Å². The molecular weight excluding hydrogens is 422 g/mol. The minimum atomic E-state index is -0.471. The Morgan fingerprint density at radius 2 is 1.61 bits per heavy atom. The third kappa shape index (κ3) is 4.14. The van der Waals surface area contributed by atoms with Crippen molar-refractivity contribution in [3.05, 3.63) is 64.9 Å².